The smallest absolute Gasteiger partial charge is 0.336 e. The Morgan fingerprint density at radius 3 is 2.26 bits per heavy atom. The Kier molecular flexibility index (Phi) is 3.68. The molecule has 0 aliphatic heterocycles. The van der Waals surface area contributed by atoms with Crippen molar-refractivity contribution in [3.05, 3.63) is 71.4 Å². The molecule has 3 aromatic rings. The number of hydrogen-bond acceptors (Lipinski definition) is 2. The number of benzene rings is 2. The van der Waals surface area contributed by atoms with Crippen molar-refractivity contribution in [2.45, 2.75) is 0 Å². The second-order valence-electron chi connectivity index (χ2n) is 5.00. The number of rotatable bonds is 4. The van der Waals surface area contributed by atoms with Crippen molar-refractivity contribution in [3.63, 3.8) is 0 Å². The molecule has 0 aliphatic carbocycles. The summed E-state index contributed by atoms with van der Waals surface area (Å²) in [6.07, 6.45) is 3.19. The number of carboxylic acids is 2. The van der Waals surface area contributed by atoms with Gasteiger partial charge in [-0.05, 0) is 18.2 Å². The molecule has 0 spiro atoms. The van der Waals surface area contributed by atoms with Crippen molar-refractivity contribution in [2.75, 3.05) is 0 Å². The van der Waals surface area contributed by atoms with Crippen molar-refractivity contribution in [2.24, 2.45) is 0 Å². The number of carbonyl (C=O) groups is 2. The quantitative estimate of drug-likeness (QED) is 0.643. The molecule has 3 rings (SSSR count). The number of hydrogen-bond donors (Lipinski definition) is 3. The molecule has 114 valence electrons. The predicted molar refractivity (Wildman–Crippen MR) is 87.2 cm³/mol. The summed E-state index contributed by atoms with van der Waals surface area (Å²) in [4.78, 5) is 26.1. The largest absolute Gasteiger partial charge is 0.478 e. The number of carboxylic acid groups (broad SMARTS) is 2. The fourth-order valence-electron chi connectivity index (χ4n) is 2.53. The summed E-state index contributed by atoms with van der Waals surface area (Å²) in [7, 11) is 0. The first-order valence-corrected chi connectivity index (χ1v) is 6.91. The van der Waals surface area contributed by atoms with E-state index in [0.717, 1.165) is 10.9 Å². The van der Waals surface area contributed by atoms with Gasteiger partial charge >= 0.3 is 11.9 Å². The summed E-state index contributed by atoms with van der Waals surface area (Å²) >= 11 is 0. The van der Waals surface area contributed by atoms with E-state index < -0.39 is 11.9 Å². The first-order valence-electron chi connectivity index (χ1n) is 6.91. The topological polar surface area (TPSA) is 90.4 Å². The standard InChI is InChI=1S/C18H13NO4/c20-17(21)14-7-2-1-6-13(14)15(18(22)23)9-11-10-19-16-8-4-3-5-12(11)16/h1-10,19H,(H,20,21)(H,22,23)/b15-9-. The van der Waals surface area contributed by atoms with E-state index in [2.05, 4.69) is 4.98 Å². The van der Waals surface area contributed by atoms with Gasteiger partial charge in [0.1, 0.15) is 0 Å². The van der Waals surface area contributed by atoms with Crippen LogP contribution in [0.1, 0.15) is 21.5 Å². The third-order valence-electron chi connectivity index (χ3n) is 3.60. The van der Waals surface area contributed by atoms with E-state index in [9.17, 15) is 19.8 Å². The molecule has 0 saturated heterocycles. The number of H-pyrrole nitrogens is 1. The second-order valence-corrected chi connectivity index (χ2v) is 5.00. The number of fused-ring (bicyclic) bond motifs is 1. The lowest BCUT2D eigenvalue weighted by Gasteiger charge is -2.07. The normalized spacial score (nSPS) is 11.6. The Labute approximate surface area is 131 Å². The summed E-state index contributed by atoms with van der Waals surface area (Å²) < 4.78 is 0. The average Bonchev–Trinajstić information content (AvgIpc) is 2.95. The monoisotopic (exact) mass is 307 g/mol. The number of aliphatic carboxylic acids is 1. The first kappa shape index (κ1) is 14.6. The predicted octanol–water partition coefficient (Wildman–Crippen LogP) is 3.49. The van der Waals surface area contributed by atoms with Crippen LogP contribution in [0.4, 0.5) is 0 Å². The zero-order valence-electron chi connectivity index (χ0n) is 12.0. The fraction of sp³-hybridized carbons (Fsp3) is 0. The van der Waals surface area contributed by atoms with Crippen LogP contribution in [0.3, 0.4) is 0 Å². The SMILES string of the molecule is O=C(O)/C(=C\c1c[nH]c2ccccc12)c1ccccc1C(=O)O. The van der Waals surface area contributed by atoms with Crippen LogP contribution in [0.2, 0.25) is 0 Å². The molecule has 5 nitrogen and oxygen atoms in total. The fourth-order valence-corrected chi connectivity index (χ4v) is 2.53. The Morgan fingerprint density at radius 2 is 1.57 bits per heavy atom. The molecular weight excluding hydrogens is 294 g/mol. The minimum Gasteiger partial charge on any atom is -0.478 e. The Hall–Kier alpha value is -3.34. The van der Waals surface area contributed by atoms with E-state index in [1.165, 1.54) is 18.2 Å². The lowest BCUT2D eigenvalue weighted by Crippen LogP contribution is -2.07. The van der Waals surface area contributed by atoms with Crippen LogP contribution in [0, 0.1) is 0 Å². The summed E-state index contributed by atoms with van der Waals surface area (Å²) in [6.45, 7) is 0. The second kappa shape index (κ2) is 5.81. The zero-order valence-corrected chi connectivity index (χ0v) is 12.0. The highest BCUT2D eigenvalue weighted by atomic mass is 16.4. The molecule has 0 radical (unpaired) electrons. The highest BCUT2D eigenvalue weighted by Crippen LogP contribution is 2.26. The Bertz CT molecular complexity index is 937. The molecule has 0 amide bonds. The van der Waals surface area contributed by atoms with E-state index in [1.54, 1.807) is 18.3 Å². The maximum absolute atomic E-state index is 11.7. The Morgan fingerprint density at radius 1 is 0.913 bits per heavy atom. The average molecular weight is 307 g/mol. The Balaban J connectivity index is 2.21. The summed E-state index contributed by atoms with van der Waals surface area (Å²) in [5.41, 5.74) is 1.65. The van der Waals surface area contributed by atoms with Crippen LogP contribution in [-0.4, -0.2) is 27.1 Å². The molecule has 1 heterocycles. The maximum Gasteiger partial charge on any atom is 0.336 e. The lowest BCUT2D eigenvalue weighted by molar-refractivity contribution is -0.130. The number of para-hydroxylation sites is 1. The van der Waals surface area contributed by atoms with Crippen LogP contribution in [0.5, 0.6) is 0 Å². The molecule has 3 N–H and O–H groups in total. The van der Waals surface area contributed by atoms with Crippen molar-refractivity contribution in [1.82, 2.24) is 4.98 Å². The van der Waals surface area contributed by atoms with Crippen LogP contribution in [0.25, 0.3) is 22.6 Å². The third kappa shape index (κ3) is 2.72. The molecule has 0 bridgehead atoms. The van der Waals surface area contributed by atoms with Crippen molar-refractivity contribution < 1.29 is 19.8 Å². The van der Waals surface area contributed by atoms with Gasteiger partial charge < -0.3 is 15.2 Å². The molecule has 0 fully saturated rings. The summed E-state index contributed by atoms with van der Waals surface area (Å²) in [5, 5.41) is 19.7. The summed E-state index contributed by atoms with van der Waals surface area (Å²) in [6, 6.07) is 13.6. The lowest BCUT2D eigenvalue weighted by atomic mass is 9.97. The van der Waals surface area contributed by atoms with Crippen molar-refractivity contribution in [3.8, 4) is 0 Å². The highest BCUT2D eigenvalue weighted by Gasteiger charge is 2.18. The molecule has 23 heavy (non-hydrogen) atoms. The summed E-state index contributed by atoms with van der Waals surface area (Å²) in [5.74, 6) is -2.34. The molecule has 0 atom stereocenters. The van der Waals surface area contributed by atoms with E-state index in [0.29, 0.717) is 5.56 Å². The van der Waals surface area contributed by atoms with Crippen LogP contribution >= 0.6 is 0 Å². The van der Waals surface area contributed by atoms with Crippen LogP contribution in [-0.2, 0) is 4.79 Å². The number of aromatic nitrogens is 1. The zero-order chi connectivity index (χ0) is 16.4. The van der Waals surface area contributed by atoms with Crippen LogP contribution in [0.15, 0.2) is 54.7 Å². The number of nitrogens with one attached hydrogen (secondary N) is 1. The maximum atomic E-state index is 11.7. The van der Waals surface area contributed by atoms with Gasteiger partial charge in [-0.3, -0.25) is 0 Å². The molecule has 2 aromatic carbocycles. The molecule has 0 saturated carbocycles. The van der Waals surface area contributed by atoms with Gasteiger partial charge in [-0.2, -0.15) is 0 Å². The van der Waals surface area contributed by atoms with E-state index in [1.807, 2.05) is 24.3 Å². The first-order chi connectivity index (χ1) is 11.1. The molecule has 5 heteroatoms. The third-order valence-corrected chi connectivity index (χ3v) is 3.60. The van der Waals surface area contributed by atoms with Crippen molar-refractivity contribution in [1.29, 1.82) is 0 Å². The molecular formula is C18H13NO4. The van der Waals surface area contributed by atoms with Gasteiger partial charge in [-0.1, -0.05) is 36.4 Å². The number of aromatic amines is 1. The molecule has 1 aromatic heterocycles. The highest BCUT2D eigenvalue weighted by molar-refractivity contribution is 6.23. The van der Waals surface area contributed by atoms with E-state index >= 15 is 0 Å². The molecule has 0 unspecified atom stereocenters. The minimum atomic E-state index is -1.18. The number of aromatic carboxylic acids is 1. The van der Waals surface area contributed by atoms with E-state index in [4.69, 9.17) is 0 Å². The van der Waals surface area contributed by atoms with Gasteiger partial charge in [0.05, 0.1) is 11.1 Å². The van der Waals surface area contributed by atoms with Crippen molar-refractivity contribution >= 4 is 34.5 Å². The van der Waals surface area contributed by atoms with Gasteiger partial charge in [0.15, 0.2) is 0 Å². The van der Waals surface area contributed by atoms with Gasteiger partial charge in [0.25, 0.3) is 0 Å². The minimum absolute atomic E-state index is 0.0407. The van der Waals surface area contributed by atoms with E-state index in [-0.39, 0.29) is 16.7 Å². The van der Waals surface area contributed by atoms with Gasteiger partial charge in [-0.15, -0.1) is 0 Å². The van der Waals surface area contributed by atoms with Gasteiger partial charge in [0.2, 0.25) is 0 Å². The van der Waals surface area contributed by atoms with Gasteiger partial charge in [0, 0.05) is 28.2 Å². The van der Waals surface area contributed by atoms with Crippen LogP contribution < -0.4 is 0 Å². The van der Waals surface area contributed by atoms with Gasteiger partial charge in [-0.25, -0.2) is 9.59 Å². The molecule has 0 aliphatic rings.